The number of rotatable bonds is 2. The Balaban J connectivity index is 2.66. The van der Waals surface area contributed by atoms with Gasteiger partial charge in [-0.2, -0.15) is 0 Å². The minimum absolute atomic E-state index is 0.101. The average molecular weight is 366 g/mol. The molecule has 0 heterocycles. The van der Waals surface area contributed by atoms with E-state index in [1.54, 1.807) is 0 Å². The Bertz CT molecular complexity index is 672. The molecule has 0 aliphatic heterocycles. The molecule has 0 nitrogen and oxygen atoms in total. The molecule has 0 aromatic heterocycles. The van der Waals surface area contributed by atoms with Crippen LogP contribution in [-0.4, -0.2) is 0 Å². The Hall–Kier alpha value is -0.790. The minimum atomic E-state index is -0.101. The van der Waals surface area contributed by atoms with Gasteiger partial charge in [0, 0.05) is 4.47 Å². The molecule has 21 heavy (non-hydrogen) atoms. The molecule has 1 atom stereocenters. The van der Waals surface area contributed by atoms with Crippen LogP contribution in [0.3, 0.4) is 0 Å². The molecule has 112 valence electrons. The van der Waals surface area contributed by atoms with Crippen molar-refractivity contribution in [2.75, 3.05) is 0 Å². The third kappa shape index (κ3) is 2.91. The van der Waals surface area contributed by atoms with Crippen molar-refractivity contribution in [3.05, 3.63) is 67.2 Å². The van der Waals surface area contributed by atoms with Gasteiger partial charge >= 0.3 is 0 Å². The Kier molecular flexibility index (Phi) is 4.85. The van der Waals surface area contributed by atoms with Gasteiger partial charge in [0.05, 0.1) is 5.38 Å². The fourth-order valence-electron chi connectivity index (χ4n) is 2.99. The van der Waals surface area contributed by atoms with E-state index in [1.165, 1.54) is 44.5 Å². The lowest BCUT2D eigenvalue weighted by molar-refractivity contribution is 1.02. The highest BCUT2D eigenvalue weighted by Gasteiger charge is 2.21. The van der Waals surface area contributed by atoms with Crippen LogP contribution >= 0.6 is 27.5 Å². The molecule has 0 spiro atoms. The van der Waals surface area contributed by atoms with Gasteiger partial charge < -0.3 is 0 Å². The molecule has 0 saturated carbocycles. The zero-order valence-electron chi connectivity index (χ0n) is 13.6. The maximum Gasteiger partial charge on any atom is 0.0843 e. The second-order valence-electron chi connectivity index (χ2n) is 5.90. The molecule has 0 amide bonds. The normalized spacial score (nSPS) is 12.6. The van der Waals surface area contributed by atoms with Crippen molar-refractivity contribution >= 4 is 27.5 Å². The highest BCUT2D eigenvalue weighted by Crippen LogP contribution is 2.39. The maximum absolute atomic E-state index is 6.88. The van der Waals surface area contributed by atoms with Crippen LogP contribution in [0.4, 0.5) is 0 Å². The largest absolute Gasteiger partial charge is 0.113 e. The van der Waals surface area contributed by atoms with E-state index < -0.39 is 0 Å². The third-order valence-electron chi connectivity index (χ3n) is 4.82. The van der Waals surface area contributed by atoms with E-state index in [1.807, 2.05) is 0 Å². The number of hydrogen-bond acceptors (Lipinski definition) is 0. The van der Waals surface area contributed by atoms with Crippen molar-refractivity contribution in [2.24, 2.45) is 0 Å². The first kappa shape index (κ1) is 16.6. The smallest absolute Gasteiger partial charge is 0.0843 e. The number of aryl methyl sites for hydroxylation is 1. The molecule has 2 heteroatoms. The molecule has 0 fully saturated rings. The van der Waals surface area contributed by atoms with Crippen molar-refractivity contribution in [1.82, 2.24) is 0 Å². The highest BCUT2D eigenvalue weighted by atomic mass is 79.9. The molecule has 0 aliphatic carbocycles. The van der Waals surface area contributed by atoms with Gasteiger partial charge in [0.1, 0.15) is 0 Å². The summed E-state index contributed by atoms with van der Waals surface area (Å²) in [4.78, 5) is 0. The van der Waals surface area contributed by atoms with E-state index in [4.69, 9.17) is 11.6 Å². The topological polar surface area (TPSA) is 0 Å². The van der Waals surface area contributed by atoms with Gasteiger partial charge in [0.15, 0.2) is 0 Å². The Morgan fingerprint density at radius 2 is 1.29 bits per heavy atom. The molecular weight excluding hydrogens is 344 g/mol. The van der Waals surface area contributed by atoms with Crippen LogP contribution in [0.15, 0.2) is 22.7 Å². The Morgan fingerprint density at radius 1 is 0.810 bits per heavy atom. The van der Waals surface area contributed by atoms with E-state index in [0.717, 1.165) is 4.47 Å². The van der Waals surface area contributed by atoms with Crippen molar-refractivity contribution in [3.63, 3.8) is 0 Å². The van der Waals surface area contributed by atoms with Crippen LogP contribution < -0.4 is 0 Å². The third-order valence-corrected chi connectivity index (χ3v) is 5.76. The number of benzene rings is 2. The van der Waals surface area contributed by atoms with E-state index in [2.05, 4.69) is 75.7 Å². The molecule has 2 rings (SSSR count). The van der Waals surface area contributed by atoms with Gasteiger partial charge in [-0.3, -0.25) is 0 Å². The van der Waals surface area contributed by atoms with Crippen LogP contribution in [-0.2, 0) is 0 Å². The first-order chi connectivity index (χ1) is 9.75. The van der Waals surface area contributed by atoms with Gasteiger partial charge in [0.2, 0.25) is 0 Å². The molecular formula is C19H22BrCl. The summed E-state index contributed by atoms with van der Waals surface area (Å²) in [7, 11) is 0. The summed E-state index contributed by atoms with van der Waals surface area (Å²) in [6.45, 7) is 13.1. The van der Waals surface area contributed by atoms with E-state index in [0.29, 0.717) is 0 Å². The van der Waals surface area contributed by atoms with Crippen LogP contribution in [0.2, 0.25) is 0 Å². The molecule has 0 saturated heterocycles. The summed E-state index contributed by atoms with van der Waals surface area (Å²) in [5.74, 6) is 0. The molecule has 0 aliphatic rings. The van der Waals surface area contributed by atoms with Crippen LogP contribution in [0, 0.1) is 41.5 Å². The van der Waals surface area contributed by atoms with Crippen molar-refractivity contribution in [3.8, 4) is 0 Å². The predicted octanol–water partition coefficient (Wildman–Crippen LogP) is 6.63. The quantitative estimate of drug-likeness (QED) is 0.524. The number of alkyl halides is 1. The lowest BCUT2D eigenvalue weighted by Gasteiger charge is -2.23. The molecule has 1 unspecified atom stereocenters. The molecule has 0 radical (unpaired) electrons. The SMILES string of the molecule is Cc1cc(Br)ccc1C(Cl)c1c(C)c(C)c(C)c(C)c1C. The summed E-state index contributed by atoms with van der Waals surface area (Å²) < 4.78 is 1.09. The first-order valence-corrected chi connectivity index (χ1v) is 8.45. The summed E-state index contributed by atoms with van der Waals surface area (Å²) in [5.41, 5.74) is 10.4. The van der Waals surface area contributed by atoms with Gasteiger partial charge in [-0.15, -0.1) is 11.6 Å². The van der Waals surface area contributed by atoms with Crippen LogP contribution in [0.25, 0.3) is 0 Å². The lowest BCUT2D eigenvalue weighted by Crippen LogP contribution is -2.07. The monoisotopic (exact) mass is 364 g/mol. The minimum Gasteiger partial charge on any atom is -0.113 e. The average Bonchev–Trinajstić information content (AvgIpc) is 2.43. The van der Waals surface area contributed by atoms with Crippen molar-refractivity contribution in [2.45, 2.75) is 46.9 Å². The fourth-order valence-corrected chi connectivity index (χ4v) is 4.04. The molecule has 2 aromatic carbocycles. The van der Waals surface area contributed by atoms with Crippen molar-refractivity contribution in [1.29, 1.82) is 0 Å². The van der Waals surface area contributed by atoms with Gasteiger partial charge in [-0.1, -0.05) is 22.0 Å². The zero-order valence-corrected chi connectivity index (χ0v) is 15.9. The standard InChI is InChI=1S/C19H22BrCl/c1-10-9-16(20)7-8-17(10)19(21)18-14(5)12(3)11(2)13(4)15(18)6/h7-9,19H,1-6H3. The van der Waals surface area contributed by atoms with Crippen LogP contribution in [0.5, 0.6) is 0 Å². The summed E-state index contributed by atoms with van der Waals surface area (Å²) in [6.07, 6.45) is 0. The number of hydrogen-bond donors (Lipinski definition) is 0. The molecule has 2 aromatic rings. The second-order valence-corrected chi connectivity index (χ2v) is 7.25. The molecule has 0 N–H and O–H groups in total. The zero-order chi connectivity index (χ0) is 15.9. The van der Waals surface area contributed by atoms with Crippen molar-refractivity contribution < 1.29 is 0 Å². The van der Waals surface area contributed by atoms with E-state index >= 15 is 0 Å². The van der Waals surface area contributed by atoms with Gasteiger partial charge in [0.25, 0.3) is 0 Å². The summed E-state index contributed by atoms with van der Waals surface area (Å²) >= 11 is 10.4. The summed E-state index contributed by atoms with van der Waals surface area (Å²) in [6, 6.07) is 6.32. The second kappa shape index (κ2) is 6.14. The van der Waals surface area contributed by atoms with E-state index in [-0.39, 0.29) is 5.38 Å². The van der Waals surface area contributed by atoms with E-state index in [9.17, 15) is 0 Å². The Labute approximate surface area is 141 Å². The Morgan fingerprint density at radius 3 is 1.76 bits per heavy atom. The van der Waals surface area contributed by atoms with Crippen LogP contribution in [0.1, 0.15) is 49.9 Å². The maximum atomic E-state index is 6.88. The number of halogens is 2. The highest BCUT2D eigenvalue weighted by molar-refractivity contribution is 9.10. The van der Waals surface area contributed by atoms with Gasteiger partial charge in [-0.25, -0.2) is 0 Å². The lowest BCUT2D eigenvalue weighted by atomic mass is 9.86. The summed E-state index contributed by atoms with van der Waals surface area (Å²) in [5, 5.41) is -0.101. The van der Waals surface area contributed by atoms with Gasteiger partial charge in [-0.05, 0) is 98.2 Å². The fraction of sp³-hybridized carbons (Fsp3) is 0.368. The molecule has 0 bridgehead atoms. The first-order valence-electron chi connectivity index (χ1n) is 7.22. The predicted molar refractivity (Wildman–Crippen MR) is 96.7 cm³/mol.